The van der Waals surface area contributed by atoms with Crippen LogP contribution in [0.5, 0.6) is 0 Å². The van der Waals surface area contributed by atoms with E-state index < -0.39 is 37.3 Å². The molecule has 22 heavy (non-hydrogen) atoms. The van der Waals surface area contributed by atoms with Crippen LogP contribution in [0.15, 0.2) is 18.2 Å². The first-order valence-corrected chi connectivity index (χ1v) is 6.86. The molecule has 0 saturated carbocycles. The molecule has 0 fully saturated rings. The summed E-state index contributed by atoms with van der Waals surface area (Å²) in [5, 5.41) is 0. The van der Waals surface area contributed by atoms with Crippen LogP contribution in [-0.4, -0.2) is 18.7 Å². The lowest BCUT2D eigenvalue weighted by atomic mass is 9.89. The minimum atomic E-state index is -4.52. The van der Waals surface area contributed by atoms with Crippen LogP contribution in [0.2, 0.25) is 0 Å². The van der Waals surface area contributed by atoms with Crippen molar-refractivity contribution in [1.82, 2.24) is 0 Å². The van der Waals surface area contributed by atoms with E-state index in [1.807, 2.05) is 0 Å². The number of hydrogen-bond acceptors (Lipinski definition) is 3. The highest BCUT2D eigenvalue weighted by molar-refractivity contribution is 5.90. The van der Waals surface area contributed by atoms with Gasteiger partial charge in [0.2, 0.25) is 0 Å². The largest absolute Gasteiger partial charge is 0.449 e. The zero-order chi connectivity index (χ0) is 19.0. The lowest BCUT2D eigenvalue weighted by Gasteiger charge is -2.39. The molecule has 122 valence electrons. The first kappa shape index (κ1) is 12.8. The maximum absolute atomic E-state index is 12.9. The Labute approximate surface area is 131 Å². The van der Waals surface area contributed by atoms with Crippen molar-refractivity contribution in [2.24, 2.45) is 5.73 Å². The third kappa shape index (κ3) is 3.04. The van der Waals surface area contributed by atoms with E-state index in [1.165, 1.54) is 11.0 Å². The highest BCUT2D eigenvalue weighted by Gasteiger charge is 2.37. The fourth-order valence-corrected chi connectivity index (χ4v) is 2.70. The Balaban J connectivity index is 2.39. The van der Waals surface area contributed by atoms with E-state index in [2.05, 4.69) is 0 Å². The van der Waals surface area contributed by atoms with E-state index in [9.17, 15) is 18.0 Å². The van der Waals surface area contributed by atoms with Crippen LogP contribution in [-0.2, 0) is 10.9 Å². The topological polar surface area (TPSA) is 55.6 Å². The summed E-state index contributed by atoms with van der Waals surface area (Å²) in [5.41, 5.74) is 5.54. The number of amides is 1. The average Bonchev–Trinajstić information content (AvgIpc) is 2.50. The first-order chi connectivity index (χ1) is 11.4. The molecule has 1 aliphatic rings. The van der Waals surface area contributed by atoms with Gasteiger partial charge in [-0.2, -0.15) is 13.2 Å². The second kappa shape index (κ2) is 6.16. The summed E-state index contributed by atoms with van der Waals surface area (Å²) in [4.78, 5) is 13.6. The molecule has 1 aromatic carbocycles. The number of carbonyl (C=O) groups excluding carboxylic acids is 1. The van der Waals surface area contributed by atoms with Crippen molar-refractivity contribution >= 4 is 11.8 Å². The fourth-order valence-electron chi connectivity index (χ4n) is 2.70. The van der Waals surface area contributed by atoms with Crippen molar-refractivity contribution in [3.05, 3.63) is 29.3 Å². The molecule has 1 heterocycles. The predicted octanol–water partition coefficient (Wildman–Crippen LogP) is 3.85. The normalized spacial score (nSPS) is 24.0. The van der Waals surface area contributed by atoms with Gasteiger partial charge >= 0.3 is 12.3 Å². The molecule has 1 aromatic rings. The van der Waals surface area contributed by atoms with Crippen LogP contribution in [0.25, 0.3) is 0 Å². The summed E-state index contributed by atoms with van der Waals surface area (Å²) in [6.07, 6.45) is -4.68. The van der Waals surface area contributed by atoms with Gasteiger partial charge in [-0.05, 0) is 43.5 Å². The van der Waals surface area contributed by atoms with Crippen molar-refractivity contribution in [3.63, 3.8) is 0 Å². The molecule has 0 aliphatic carbocycles. The summed E-state index contributed by atoms with van der Waals surface area (Å²) < 4.78 is 64.9. The second-order valence-corrected chi connectivity index (χ2v) is 5.10. The molecule has 0 aromatic heterocycles. The molecule has 2 rings (SSSR count). The smallest absolute Gasteiger partial charge is 0.416 e. The van der Waals surface area contributed by atoms with Gasteiger partial charge in [0, 0.05) is 16.2 Å². The Kier molecular flexibility index (Phi) is 3.57. The Morgan fingerprint density at radius 1 is 1.55 bits per heavy atom. The van der Waals surface area contributed by atoms with Crippen LogP contribution in [0, 0.1) is 0 Å². The number of fused-ring (bicyclic) bond motifs is 1. The van der Waals surface area contributed by atoms with E-state index in [0.29, 0.717) is 6.42 Å². The SMILES string of the molecule is [2H]C([2H])([2H])COC(=O)N1c2ccc(C(F)(F)F)cc2[C@@H](N)C[C@@H]1CC. The Hall–Kier alpha value is -1.76. The lowest BCUT2D eigenvalue weighted by molar-refractivity contribution is -0.137. The zero-order valence-corrected chi connectivity index (χ0v) is 12.0. The molecular formula is C15H19F3N2O2. The van der Waals surface area contributed by atoms with Gasteiger partial charge in [-0.25, -0.2) is 4.79 Å². The van der Waals surface area contributed by atoms with Gasteiger partial charge < -0.3 is 10.5 Å². The summed E-state index contributed by atoms with van der Waals surface area (Å²) in [6.45, 7) is -1.43. The van der Waals surface area contributed by atoms with Gasteiger partial charge in [0.25, 0.3) is 0 Å². The van der Waals surface area contributed by atoms with E-state index in [-0.39, 0.29) is 23.7 Å². The Morgan fingerprint density at radius 3 is 2.86 bits per heavy atom. The van der Waals surface area contributed by atoms with Crippen LogP contribution in [0.3, 0.4) is 0 Å². The highest BCUT2D eigenvalue weighted by Crippen LogP contribution is 2.40. The summed E-state index contributed by atoms with van der Waals surface area (Å²) >= 11 is 0. The number of carbonyl (C=O) groups is 1. The maximum Gasteiger partial charge on any atom is 0.416 e. The second-order valence-electron chi connectivity index (χ2n) is 5.10. The molecule has 7 heteroatoms. The van der Waals surface area contributed by atoms with E-state index >= 15 is 0 Å². The number of rotatable bonds is 2. The zero-order valence-electron chi connectivity index (χ0n) is 15.0. The lowest BCUT2D eigenvalue weighted by Crippen LogP contribution is -2.46. The van der Waals surface area contributed by atoms with Crippen molar-refractivity contribution < 1.29 is 26.8 Å². The van der Waals surface area contributed by atoms with Crippen molar-refractivity contribution in [1.29, 1.82) is 0 Å². The van der Waals surface area contributed by atoms with Gasteiger partial charge in [-0.3, -0.25) is 4.90 Å². The monoisotopic (exact) mass is 319 g/mol. The van der Waals surface area contributed by atoms with Crippen LogP contribution in [0.1, 0.15) is 47.9 Å². The number of ether oxygens (including phenoxy) is 1. The highest BCUT2D eigenvalue weighted by atomic mass is 19.4. The number of anilines is 1. The van der Waals surface area contributed by atoms with Gasteiger partial charge in [0.05, 0.1) is 17.9 Å². The molecule has 4 nitrogen and oxygen atoms in total. The van der Waals surface area contributed by atoms with Crippen molar-refractivity contribution in [3.8, 4) is 0 Å². The van der Waals surface area contributed by atoms with Crippen LogP contribution in [0.4, 0.5) is 23.7 Å². The standard InChI is InChI=1S/C15H19F3N2O2/c1-3-10-8-12(19)11-7-9(15(16,17)18)5-6-13(11)20(10)14(21)22-4-2/h5-7,10,12H,3-4,8,19H2,1-2H3/t10-,12-/m0/s1/i2D3. The number of hydrogen-bond donors (Lipinski definition) is 1. The van der Waals surface area contributed by atoms with Gasteiger partial charge in [0.1, 0.15) is 0 Å². The molecule has 0 spiro atoms. The van der Waals surface area contributed by atoms with Crippen molar-refractivity contribution in [2.75, 3.05) is 11.5 Å². The molecule has 2 atom stereocenters. The third-order valence-electron chi connectivity index (χ3n) is 3.77. The third-order valence-corrected chi connectivity index (χ3v) is 3.77. The maximum atomic E-state index is 12.9. The minimum Gasteiger partial charge on any atom is -0.449 e. The average molecular weight is 319 g/mol. The molecule has 0 bridgehead atoms. The fraction of sp³-hybridized carbons (Fsp3) is 0.533. The van der Waals surface area contributed by atoms with Crippen LogP contribution >= 0.6 is 0 Å². The molecular weight excluding hydrogens is 297 g/mol. The number of benzene rings is 1. The first-order valence-electron chi connectivity index (χ1n) is 8.36. The molecule has 0 saturated heterocycles. The quantitative estimate of drug-likeness (QED) is 0.901. The molecule has 1 amide bonds. The number of nitrogens with two attached hydrogens (primary N) is 1. The van der Waals surface area contributed by atoms with Gasteiger partial charge in [0.15, 0.2) is 0 Å². The Bertz CT molecular complexity index is 650. The minimum absolute atomic E-state index is 0.186. The number of alkyl halides is 3. The number of nitrogens with zero attached hydrogens (tertiary/aromatic N) is 1. The predicted molar refractivity (Wildman–Crippen MR) is 76.6 cm³/mol. The van der Waals surface area contributed by atoms with Crippen LogP contribution < -0.4 is 10.6 Å². The summed E-state index contributed by atoms with van der Waals surface area (Å²) in [7, 11) is 0. The molecule has 1 aliphatic heterocycles. The molecule has 2 N–H and O–H groups in total. The summed E-state index contributed by atoms with van der Waals surface area (Å²) in [6, 6.07) is 1.93. The molecule has 0 radical (unpaired) electrons. The van der Waals surface area contributed by atoms with Crippen molar-refractivity contribution in [2.45, 2.75) is 44.9 Å². The van der Waals surface area contributed by atoms with E-state index in [1.54, 1.807) is 6.92 Å². The molecule has 0 unspecified atom stereocenters. The number of halogens is 3. The van der Waals surface area contributed by atoms with Gasteiger partial charge in [-0.1, -0.05) is 6.92 Å². The van der Waals surface area contributed by atoms with Gasteiger partial charge in [-0.15, -0.1) is 0 Å². The Morgan fingerprint density at radius 2 is 2.27 bits per heavy atom. The van der Waals surface area contributed by atoms with E-state index in [0.717, 1.165) is 12.1 Å². The summed E-state index contributed by atoms with van der Waals surface area (Å²) in [5.74, 6) is 0. The van der Waals surface area contributed by atoms with E-state index in [4.69, 9.17) is 14.6 Å².